The molecule has 1 heterocycles. The Morgan fingerprint density at radius 1 is 1.37 bits per heavy atom. The zero-order chi connectivity index (χ0) is 13.7. The van der Waals surface area contributed by atoms with Crippen LogP contribution < -0.4 is 5.32 Å². The Hall–Kier alpha value is -0.970. The monoisotopic (exact) mass is 295 g/mol. The Kier molecular flexibility index (Phi) is 5.31. The van der Waals surface area contributed by atoms with Crippen LogP contribution in [0.5, 0.6) is 0 Å². The molecule has 1 aromatic carbocycles. The first-order valence-corrected chi connectivity index (χ1v) is 7.71. The minimum Gasteiger partial charge on any atom is -0.305 e. The molecule has 0 saturated carbocycles. The highest BCUT2D eigenvalue weighted by atomic mass is 35.5. The van der Waals surface area contributed by atoms with Crippen molar-refractivity contribution in [3.05, 3.63) is 45.4 Å². The second-order valence-corrected chi connectivity index (χ2v) is 5.60. The van der Waals surface area contributed by atoms with Gasteiger partial charge in [0.05, 0.1) is 16.6 Å². The number of aryl methyl sites for hydroxylation is 1. The van der Waals surface area contributed by atoms with Crippen molar-refractivity contribution >= 4 is 23.1 Å². The topological polar surface area (TPSA) is 37.8 Å². The first kappa shape index (κ1) is 14.4. The van der Waals surface area contributed by atoms with Crippen molar-refractivity contribution < 1.29 is 0 Å². The molecule has 0 saturated heterocycles. The van der Waals surface area contributed by atoms with Crippen molar-refractivity contribution in [1.82, 2.24) is 14.9 Å². The van der Waals surface area contributed by atoms with Gasteiger partial charge in [0, 0.05) is 5.02 Å². The molecule has 0 spiro atoms. The van der Waals surface area contributed by atoms with E-state index >= 15 is 0 Å². The maximum atomic E-state index is 6.10. The van der Waals surface area contributed by atoms with Crippen LogP contribution in [0.3, 0.4) is 0 Å². The molecule has 1 N–H and O–H groups in total. The van der Waals surface area contributed by atoms with Crippen molar-refractivity contribution in [2.24, 2.45) is 0 Å². The van der Waals surface area contributed by atoms with Gasteiger partial charge in [0.15, 0.2) is 0 Å². The Bertz CT molecular complexity index is 527. The number of hydrogen-bond acceptors (Lipinski definition) is 4. The smallest absolute Gasteiger partial charge is 0.0804 e. The minimum atomic E-state index is 0.133. The fourth-order valence-electron chi connectivity index (χ4n) is 2.02. The molecule has 19 heavy (non-hydrogen) atoms. The highest BCUT2D eigenvalue weighted by molar-refractivity contribution is 7.05. The molecular formula is C14H18ClN3S. The number of nitrogens with one attached hydrogen (secondary N) is 1. The van der Waals surface area contributed by atoms with E-state index in [9.17, 15) is 0 Å². The van der Waals surface area contributed by atoms with Gasteiger partial charge < -0.3 is 5.32 Å². The normalized spacial score (nSPS) is 12.6. The van der Waals surface area contributed by atoms with Gasteiger partial charge in [-0.3, -0.25) is 0 Å². The van der Waals surface area contributed by atoms with Crippen molar-refractivity contribution in [2.45, 2.75) is 32.7 Å². The van der Waals surface area contributed by atoms with E-state index in [2.05, 4.69) is 34.8 Å². The molecule has 0 radical (unpaired) electrons. The molecule has 0 aliphatic heterocycles. The third-order valence-corrected chi connectivity index (χ3v) is 4.03. The van der Waals surface area contributed by atoms with Gasteiger partial charge in [-0.25, -0.2) is 0 Å². The molecular weight excluding hydrogens is 278 g/mol. The van der Waals surface area contributed by atoms with E-state index in [4.69, 9.17) is 11.6 Å². The molecule has 2 rings (SSSR count). The molecule has 1 atom stereocenters. The average Bonchev–Trinajstić information content (AvgIpc) is 2.88. The lowest BCUT2D eigenvalue weighted by Crippen LogP contribution is -2.23. The Balaban J connectivity index is 2.35. The number of halogens is 1. The van der Waals surface area contributed by atoms with Crippen molar-refractivity contribution in [3.63, 3.8) is 0 Å². The Labute approximate surface area is 123 Å². The molecule has 1 unspecified atom stereocenters. The second-order valence-electron chi connectivity index (χ2n) is 4.38. The van der Waals surface area contributed by atoms with E-state index in [1.54, 1.807) is 0 Å². The van der Waals surface area contributed by atoms with Crippen LogP contribution in [0.1, 0.15) is 42.4 Å². The van der Waals surface area contributed by atoms with Crippen LogP contribution in [0.2, 0.25) is 5.02 Å². The summed E-state index contributed by atoms with van der Waals surface area (Å²) in [4.78, 5) is 1.19. The van der Waals surface area contributed by atoms with Crippen LogP contribution in [-0.2, 0) is 6.42 Å². The molecule has 0 aliphatic carbocycles. The molecule has 0 aliphatic rings. The first-order chi connectivity index (χ1) is 9.26. The van der Waals surface area contributed by atoms with E-state index in [-0.39, 0.29) is 6.04 Å². The third-order valence-electron chi connectivity index (χ3n) is 2.96. The number of benzene rings is 1. The lowest BCUT2D eigenvalue weighted by molar-refractivity contribution is 0.601. The highest BCUT2D eigenvalue weighted by Gasteiger charge is 2.19. The summed E-state index contributed by atoms with van der Waals surface area (Å²) < 4.78 is 4.09. The zero-order valence-electron chi connectivity index (χ0n) is 11.2. The minimum absolute atomic E-state index is 0.133. The molecule has 3 nitrogen and oxygen atoms in total. The number of hydrogen-bond donors (Lipinski definition) is 1. The van der Waals surface area contributed by atoms with Crippen molar-refractivity contribution in [3.8, 4) is 0 Å². The van der Waals surface area contributed by atoms with Gasteiger partial charge in [-0.2, -0.15) is 0 Å². The van der Waals surface area contributed by atoms with Gasteiger partial charge >= 0.3 is 0 Å². The van der Waals surface area contributed by atoms with Crippen LogP contribution in [-0.4, -0.2) is 16.1 Å². The van der Waals surface area contributed by atoms with Crippen LogP contribution in [0.4, 0.5) is 0 Å². The fourth-order valence-corrected chi connectivity index (χ4v) is 3.06. The standard InChI is InChI=1S/C14H18ClN3S/c1-3-8-16-13(10-6-5-7-11(15)9-10)14-12(4-2)17-18-19-14/h5-7,9,13,16H,3-4,8H2,1-2H3. The summed E-state index contributed by atoms with van der Waals surface area (Å²) in [6.45, 7) is 5.22. The van der Waals surface area contributed by atoms with Gasteiger partial charge in [-0.05, 0) is 48.6 Å². The second kappa shape index (κ2) is 6.98. The summed E-state index contributed by atoms with van der Waals surface area (Å²) in [5.74, 6) is 0. The maximum absolute atomic E-state index is 6.10. The summed E-state index contributed by atoms with van der Waals surface area (Å²) in [6.07, 6.45) is 1.99. The SMILES string of the molecule is CCCNC(c1cccc(Cl)c1)c1snnc1CC. The third kappa shape index (κ3) is 3.53. The lowest BCUT2D eigenvalue weighted by atomic mass is 10.0. The van der Waals surface area contributed by atoms with Gasteiger partial charge in [0.25, 0.3) is 0 Å². The molecule has 2 aromatic rings. The summed E-state index contributed by atoms with van der Waals surface area (Å²) in [7, 11) is 0. The summed E-state index contributed by atoms with van der Waals surface area (Å²) >= 11 is 7.57. The van der Waals surface area contributed by atoms with Crippen LogP contribution in [0, 0.1) is 0 Å². The number of nitrogens with zero attached hydrogens (tertiary/aromatic N) is 2. The van der Waals surface area contributed by atoms with E-state index in [1.807, 2.05) is 18.2 Å². The first-order valence-electron chi connectivity index (χ1n) is 6.56. The predicted molar refractivity (Wildman–Crippen MR) is 80.9 cm³/mol. The van der Waals surface area contributed by atoms with E-state index in [0.29, 0.717) is 0 Å². The average molecular weight is 296 g/mol. The predicted octanol–water partition coefficient (Wildman–Crippen LogP) is 3.84. The zero-order valence-corrected chi connectivity index (χ0v) is 12.8. The van der Waals surface area contributed by atoms with Crippen LogP contribution >= 0.6 is 23.1 Å². The van der Waals surface area contributed by atoms with Gasteiger partial charge in [0.1, 0.15) is 0 Å². The summed E-state index contributed by atoms with van der Waals surface area (Å²) in [6, 6.07) is 8.12. The molecule has 0 fully saturated rings. The molecule has 102 valence electrons. The lowest BCUT2D eigenvalue weighted by Gasteiger charge is -2.18. The van der Waals surface area contributed by atoms with Crippen molar-refractivity contribution in [1.29, 1.82) is 0 Å². The summed E-state index contributed by atoms with van der Waals surface area (Å²) in [5, 5.41) is 8.53. The van der Waals surface area contributed by atoms with Crippen molar-refractivity contribution in [2.75, 3.05) is 6.54 Å². The van der Waals surface area contributed by atoms with E-state index < -0.39 is 0 Å². The Morgan fingerprint density at radius 3 is 2.89 bits per heavy atom. The Morgan fingerprint density at radius 2 is 2.21 bits per heavy atom. The van der Waals surface area contributed by atoms with Crippen LogP contribution in [0.15, 0.2) is 24.3 Å². The fraction of sp³-hybridized carbons (Fsp3) is 0.429. The van der Waals surface area contributed by atoms with Gasteiger partial charge in [-0.1, -0.05) is 42.1 Å². The quantitative estimate of drug-likeness (QED) is 0.880. The number of rotatable bonds is 6. The summed E-state index contributed by atoms with van der Waals surface area (Å²) in [5.41, 5.74) is 2.24. The molecule has 0 bridgehead atoms. The molecule has 5 heteroatoms. The van der Waals surface area contributed by atoms with Crippen LogP contribution in [0.25, 0.3) is 0 Å². The number of aromatic nitrogens is 2. The highest BCUT2D eigenvalue weighted by Crippen LogP contribution is 2.28. The maximum Gasteiger partial charge on any atom is 0.0804 e. The van der Waals surface area contributed by atoms with Gasteiger partial charge in [0.2, 0.25) is 0 Å². The van der Waals surface area contributed by atoms with E-state index in [1.165, 1.54) is 22.0 Å². The largest absolute Gasteiger partial charge is 0.305 e. The van der Waals surface area contributed by atoms with E-state index in [0.717, 1.165) is 30.1 Å². The molecule has 0 amide bonds. The molecule has 1 aromatic heterocycles. The van der Waals surface area contributed by atoms with Gasteiger partial charge in [-0.15, -0.1) is 5.10 Å².